The van der Waals surface area contributed by atoms with Crippen LogP contribution in [0.25, 0.3) is 0 Å². The molecule has 0 amide bonds. The predicted molar refractivity (Wildman–Crippen MR) is 128 cm³/mol. The van der Waals surface area contributed by atoms with E-state index in [1.807, 2.05) is 0 Å². The van der Waals surface area contributed by atoms with Gasteiger partial charge in [-0.3, -0.25) is 9.59 Å². The third kappa shape index (κ3) is 3.27. The summed E-state index contributed by atoms with van der Waals surface area (Å²) >= 11 is 0.352. The number of alkyl halides is 2. The summed E-state index contributed by atoms with van der Waals surface area (Å²) in [6, 6.07) is 1.78. The Morgan fingerprint density at radius 2 is 2.03 bits per heavy atom. The molecule has 0 radical (unpaired) electrons. The van der Waals surface area contributed by atoms with Crippen molar-refractivity contribution in [3.63, 3.8) is 0 Å². The molecule has 4 aliphatic carbocycles. The summed E-state index contributed by atoms with van der Waals surface area (Å²) in [5.41, 5.74) is -7.12. The Balaban J connectivity index is 1.65. The molecule has 1 heterocycles. The van der Waals surface area contributed by atoms with Crippen LogP contribution < -0.4 is 0 Å². The number of allylic oxidation sites excluding steroid dienone is 4. The molecule has 0 bridgehead atoms. The van der Waals surface area contributed by atoms with Crippen LogP contribution in [0.3, 0.4) is 0 Å². The second-order valence-electron chi connectivity index (χ2n) is 11.2. The number of fused-ring (bicyclic) bond motifs is 5. The Morgan fingerprint density at radius 3 is 2.68 bits per heavy atom. The van der Waals surface area contributed by atoms with Crippen LogP contribution in [0.2, 0.25) is 0 Å². The number of esters is 1. The Kier molecular flexibility index (Phi) is 6.10. The normalized spacial score (nSPS) is 42.7. The van der Waals surface area contributed by atoms with E-state index in [1.165, 1.54) is 37.5 Å². The van der Waals surface area contributed by atoms with Crippen LogP contribution >= 0.6 is 11.8 Å². The van der Waals surface area contributed by atoms with Gasteiger partial charge in [0.1, 0.15) is 11.8 Å². The van der Waals surface area contributed by atoms with Gasteiger partial charge in [0, 0.05) is 35.5 Å². The molecule has 1 aromatic heterocycles. The minimum absolute atomic E-state index is 0.0343. The van der Waals surface area contributed by atoms with E-state index in [1.54, 1.807) is 13.8 Å². The van der Waals surface area contributed by atoms with Crippen molar-refractivity contribution in [3.05, 3.63) is 47.7 Å². The van der Waals surface area contributed by atoms with Crippen LogP contribution in [0.4, 0.5) is 13.2 Å². The average molecular weight is 539 g/mol. The van der Waals surface area contributed by atoms with Gasteiger partial charge in [-0.15, -0.1) is 0 Å². The predicted octanol–water partition coefficient (Wildman–Crippen LogP) is 5.28. The van der Waals surface area contributed by atoms with Crippen molar-refractivity contribution in [1.29, 1.82) is 0 Å². The summed E-state index contributed by atoms with van der Waals surface area (Å²) in [4.78, 5) is 38.7. The van der Waals surface area contributed by atoms with Gasteiger partial charge in [0.15, 0.2) is 17.1 Å². The molecule has 0 aromatic carbocycles. The van der Waals surface area contributed by atoms with E-state index in [2.05, 4.69) is 0 Å². The van der Waals surface area contributed by atoms with Gasteiger partial charge < -0.3 is 14.3 Å². The fourth-order valence-electron chi connectivity index (χ4n) is 7.94. The number of hydrogen-bond acceptors (Lipinski definition) is 7. The maximum Gasteiger partial charge on any atom is 0.375 e. The smallest absolute Gasteiger partial charge is 0.375 e. The molecule has 2 saturated carbocycles. The van der Waals surface area contributed by atoms with Gasteiger partial charge in [0.2, 0.25) is 10.9 Å². The Bertz CT molecular complexity index is 1210. The number of rotatable bonds is 4. The van der Waals surface area contributed by atoms with E-state index in [0.717, 1.165) is 0 Å². The molecule has 0 spiro atoms. The second-order valence-corrected chi connectivity index (χ2v) is 12.0. The minimum atomic E-state index is -2.34. The number of thioether (sulfide) groups is 1. The minimum Gasteiger partial charge on any atom is -0.457 e. The van der Waals surface area contributed by atoms with E-state index in [4.69, 9.17) is 9.15 Å². The number of carbonyl (C=O) groups excluding carboxylic acids is 3. The lowest BCUT2D eigenvalue weighted by Crippen LogP contribution is -2.69. The van der Waals surface area contributed by atoms with Gasteiger partial charge in [-0.2, -0.15) is 0 Å². The lowest BCUT2D eigenvalue weighted by molar-refractivity contribution is -0.214. The monoisotopic (exact) mass is 538 g/mol. The van der Waals surface area contributed by atoms with E-state index < -0.39 is 68.9 Å². The molecule has 200 valence electrons. The lowest BCUT2D eigenvalue weighted by atomic mass is 9.45. The molecule has 6 nitrogen and oxygen atoms in total. The first-order valence-corrected chi connectivity index (χ1v) is 13.3. The SMILES string of the molecule is CC1CC2C3CC(F)=C4CC(=O)C=C[C@]4(C)C3(F)[C@@H](O)C[C@]2(C)[C@@]1(OC(=O)c1ccco1)C(=O)SCF. The fourth-order valence-corrected chi connectivity index (χ4v) is 8.73. The summed E-state index contributed by atoms with van der Waals surface area (Å²) in [7, 11) is 0. The number of aliphatic hydroxyl groups excluding tert-OH is 1. The van der Waals surface area contributed by atoms with Crippen LogP contribution in [0.1, 0.15) is 57.0 Å². The number of furan rings is 1. The van der Waals surface area contributed by atoms with Gasteiger partial charge in [0.25, 0.3) is 0 Å². The molecule has 8 atom stereocenters. The highest BCUT2D eigenvalue weighted by atomic mass is 32.2. The first kappa shape index (κ1) is 26.3. The molecule has 4 aliphatic rings. The van der Waals surface area contributed by atoms with E-state index >= 15 is 8.78 Å². The zero-order chi connectivity index (χ0) is 27.0. The second kappa shape index (κ2) is 8.59. The standard InChI is InChI=1S/C27H29F3O6S/c1-14-9-16-17-11-19(29)18-10-15(31)6-7-24(18,2)26(17,30)21(32)12-25(16,3)27(14,23(34)37-13-28)36-22(33)20-5-4-8-35-20/h4-8,14,16-17,21,32H,9-13H2,1-3H3/t14?,16?,17?,21-,24-,25-,26?,27-/m0/s1. The van der Waals surface area contributed by atoms with Gasteiger partial charge >= 0.3 is 5.97 Å². The number of hydrogen-bond donors (Lipinski definition) is 1. The van der Waals surface area contributed by atoms with E-state index in [-0.39, 0.29) is 42.8 Å². The van der Waals surface area contributed by atoms with Crippen LogP contribution in [0.15, 0.2) is 46.4 Å². The number of ketones is 1. The topological polar surface area (TPSA) is 93.8 Å². The largest absolute Gasteiger partial charge is 0.457 e. The molecule has 2 fully saturated rings. The molecule has 0 saturated heterocycles. The molecule has 1 aromatic rings. The summed E-state index contributed by atoms with van der Waals surface area (Å²) in [5, 5.41) is 10.7. The highest BCUT2D eigenvalue weighted by Gasteiger charge is 2.77. The van der Waals surface area contributed by atoms with Crippen molar-refractivity contribution in [2.75, 3.05) is 6.01 Å². The molecular weight excluding hydrogens is 509 g/mol. The molecule has 0 aliphatic heterocycles. The first-order valence-electron chi connectivity index (χ1n) is 12.3. The quantitative estimate of drug-likeness (QED) is 0.522. The van der Waals surface area contributed by atoms with Crippen LogP contribution in [0.5, 0.6) is 0 Å². The van der Waals surface area contributed by atoms with Crippen LogP contribution in [-0.2, 0) is 14.3 Å². The Hall–Kier alpha value is -2.33. The van der Waals surface area contributed by atoms with Gasteiger partial charge in [-0.1, -0.05) is 19.9 Å². The number of ether oxygens (including phenoxy) is 1. The van der Waals surface area contributed by atoms with Crippen LogP contribution in [0, 0.1) is 28.6 Å². The molecule has 10 heteroatoms. The zero-order valence-corrected chi connectivity index (χ0v) is 21.6. The summed E-state index contributed by atoms with van der Waals surface area (Å²) in [6.07, 6.45) is 1.44. The Morgan fingerprint density at radius 1 is 1.30 bits per heavy atom. The maximum absolute atomic E-state index is 17.4. The fraction of sp³-hybridized carbons (Fsp3) is 0.593. The summed E-state index contributed by atoms with van der Waals surface area (Å²) in [5.74, 6) is -4.50. The first-order chi connectivity index (χ1) is 17.4. The van der Waals surface area contributed by atoms with Crippen molar-refractivity contribution < 1.29 is 41.8 Å². The number of carbonyl (C=O) groups is 3. The average Bonchev–Trinajstić information content (AvgIpc) is 3.45. The molecule has 1 N–H and O–H groups in total. The van der Waals surface area contributed by atoms with Gasteiger partial charge in [-0.25, -0.2) is 18.0 Å². The van der Waals surface area contributed by atoms with Crippen molar-refractivity contribution in [1.82, 2.24) is 0 Å². The van der Waals surface area contributed by atoms with Crippen molar-refractivity contribution in [2.45, 2.75) is 63.8 Å². The molecule has 5 rings (SSSR count). The molecular formula is C27H29F3O6S. The van der Waals surface area contributed by atoms with Crippen molar-refractivity contribution >= 4 is 28.6 Å². The number of halogens is 3. The number of aliphatic hydroxyl groups is 1. The highest BCUT2D eigenvalue weighted by molar-refractivity contribution is 8.13. The molecule has 4 unspecified atom stereocenters. The van der Waals surface area contributed by atoms with Crippen molar-refractivity contribution in [3.8, 4) is 0 Å². The highest BCUT2D eigenvalue weighted by Crippen LogP contribution is 2.72. The van der Waals surface area contributed by atoms with Gasteiger partial charge in [-0.05, 0) is 61.2 Å². The summed E-state index contributed by atoms with van der Waals surface area (Å²) in [6.45, 7) is 4.80. The van der Waals surface area contributed by atoms with Crippen molar-refractivity contribution in [2.24, 2.45) is 28.6 Å². The van der Waals surface area contributed by atoms with E-state index in [0.29, 0.717) is 11.8 Å². The maximum atomic E-state index is 17.4. The van der Waals surface area contributed by atoms with E-state index in [9.17, 15) is 23.9 Å². The van der Waals surface area contributed by atoms with Crippen LogP contribution in [-0.4, -0.2) is 45.4 Å². The zero-order valence-electron chi connectivity index (χ0n) is 20.8. The molecule has 37 heavy (non-hydrogen) atoms. The third-order valence-corrected chi connectivity index (χ3v) is 10.3. The van der Waals surface area contributed by atoms with Gasteiger partial charge in [0.05, 0.1) is 12.4 Å². The summed E-state index contributed by atoms with van der Waals surface area (Å²) < 4.78 is 57.5. The third-order valence-electron chi connectivity index (χ3n) is 9.66. The Labute approximate surface area is 216 Å². The lowest BCUT2D eigenvalue weighted by Gasteiger charge is -2.62.